The number of allylic oxidation sites excluding steroid dienone is 4. The number of rotatable bonds is 3. The van der Waals surface area contributed by atoms with Gasteiger partial charge >= 0.3 is 0 Å². The van der Waals surface area contributed by atoms with Crippen LogP contribution in [0.2, 0.25) is 0 Å². The Morgan fingerprint density at radius 3 is 2.55 bits per heavy atom. The Morgan fingerprint density at radius 1 is 1.12 bits per heavy atom. The Balaban J connectivity index is 1.71. The molecule has 3 nitrogen and oxygen atoms in total. The molecule has 0 radical (unpaired) electrons. The normalized spacial score (nSPS) is 35.0. The monoisotopic (exact) mass is 441 g/mol. The fourth-order valence-electron chi connectivity index (χ4n) is 7.95. The minimum Gasteiger partial charge on any atom is -0.388 e. The second-order valence-electron chi connectivity index (χ2n) is 10.7. The topological polar surface area (TPSA) is 46.2 Å². The lowest BCUT2D eigenvalue weighted by molar-refractivity contribution is -0.130. The van der Waals surface area contributed by atoms with Crippen LogP contribution in [0.4, 0.5) is 5.69 Å². The molecule has 33 heavy (non-hydrogen) atoms. The quantitative estimate of drug-likeness (QED) is 0.566. The van der Waals surface area contributed by atoms with E-state index in [-0.39, 0.29) is 22.9 Å². The number of benzene rings is 1. The molecule has 172 valence electrons. The maximum Gasteiger partial charge on any atom is 0.156 e. The maximum absolute atomic E-state index is 13.2. The van der Waals surface area contributed by atoms with Gasteiger partial charge in [0, 0.05) is 25.1 Å². The summed E-state index contributed by atoms with van der Waals surface area (Å²) >= 11 is 0. The molecule has 1 N–H and O–H groups in total. The molecule has 5 atom stereocenters. The molecule has 4 unspecified atom stereocenters. The van der Waals surface area contributed by atoms with Crippen LogP contribution in [-0.2, 0) is 9.59 Å². The van der Waals surface area contributed by atoms with Crippen molar-refractivity contribution in [1.29, 1.82) is 0 Å². The molecule has 0 amide bonds. The van der Waals surface area contributed by atoms with Crippen LogP contribution < -0.4 is 5.32 Å². The number of anilines is 1. The lowest BCUT2D eigenvalue weighted by Crippen LogP contribution is -2.50. The van der Waals surface area contributed by atoms with E-state index in [9.17, 15) is 9.59 Å². The van der Waals surface area contributed by atoms with Crippen molar-refractivity contribution in [2.24, 2.45) is 22.7 Å². The molecule has 1 aromatic rings. The molecule has 0 saturated heterocycles. The van der Waals surface area contributed by atoms with E-state index in [1.807, 2.05) is 20.0 Å². The van der Waals surface area contributed by atoms with Crippen LogP contribution in [0.5, 0.6) is 0 Å². The van der Waals surface area contributed by atoms with Gasteiger partial charge in [0.2, 0.25) is 0 Å². The number of hydrogen-bond donors (Lipinski definition) is 1. The molecular formula is C30H35NO2. The number of carbonyl (C=O) groups is 2. The summed E-state index contributed by atoms with van der Waals surface area (Å²) < 4.78 is 0. The van der Waals surface area contributed by atoms with E-state index in [0.29, 0.717) is 18.3 Å². The van der Waals surface area contributed by atoms with Gasteiger partial charge in [0.1, 0.15) is 5.78 Å². The first-order chi connectivity index (χ1) is 15.8. The summed E-state index contributed by atoms with van der Waals surface area (Å²) in [6.45, 7) is 6.00. The first kappa shape index (κ1) is 22.2. The number of fused-ring (bicyclic) bond motifs is 4. The largest absolute Gasteiger partial charge is 0.388 e. The zero-order valence-electron chi connectivity index (χ0n) is 20.4. The third-order valence-electron chi connectivity index (χ3n) is 9.47. The molecule has 4 aliphatic rings. The van der Waals surface area contributed by atoms with E-state index >= 15 is 0 Å². The summed E-state index contributed by atoms with van der Waals surface area (Å²) in [5.41, 5.74) is 6.05. The van der Waals surface area contributed by atoms with Crippen LogP contribution in [0.15, 0.2) is 47.1 Å². The number of nitrogens with one attached hydrogen (secondary N) is 1. The van der Waals surface area contributed by atoms with Crippen LogP contribution in [-0.4, -0.2) is 18.6 Å². The van der Waals surface area contributed by atoms with E-state index in [4.69, 9.17) is 0 Å². The summed E-state index contributed by atoms with van der Waals surface area (Å²) in [5.74, 6) is 8.33. The van der Waals surface area contributed by atoms with Gasteiger partial charge in [-0.3, -0.25) is 9.59 Å². The standard InChI is InChI=1S/C30H35NO2/c1-5-15-30(19(2)32)16-14-27-25-12-8-21-17-23(33)11-13-24(21)28(25)26(18-29(27,30)3)20-6-9-22(31-4)10-7-20/h6-7,9-10,17,25-27,31H,8,11-14,16,18H2,1-4H3/t25?,26?,27?,29?,30-/m1/s1. The Kier molecular flexibility index (Phi) is 5.39. The highest BCUT2D eigenvalue weighted by atomic mass is 16.1. The van der Waals surface area contributed by atoms with E-state index in [0.717, 1.165) is 44.2 Å². The second-order valence-corrected chi connectivity index (χ2v) is 10.7. The lowest BCUT2D eigenvalue weighted by Gasteiger charge is -2.54. The van der Waals surface area contributed by atoms with Gasteiger partial charge in [-0.1, -0.05) is 30.6 Å². The van der Waals surface area contributed by atoms with Crippen LogP contribution >= 0.6 is 0 Å². The van der Waals surface area contributed by atoms with Gasteiger partial charge in [-0.25, -0.2) is 0 Å². The van der Waals surface area contributed by atoms with Crippen molar-refractivity contribution in [1.82, 2.24) is 0 Å². The number of carbonyl (C=O) groups excluding carboxylic acids is 2. The molecule has 5 rings (SSSR count). The summed E-state index contributed by atoms with van der Waals surface area (Å²) in [5, 5.41) is 3.23. The van der Waals surface area contributed by atoms with Gasteiger partial charge < -0.3 is 5.32 Å². The van der Waals surface area contributed by atoms with Crippen LogP contribution in [0.3, 0.4) is 0 Å². The highest BCUT2D eigenvalue weighted by molar-refractivity contribution is 5.93. The van der Waals surface area contributed by atoms with Gasteiger partial charge in [0.25, 0.3) is 0 Å². The fourth-order valence-corrected chi connectivity index (χ4v) is 7.95. The average molecular weight is 442 g/mol. The summed E-state index contributed by atoms with van der Waals surface area (Å²) in [6, 6.07) is 8.83. The second kappa shape index (κ2) is 8.01. The molecule has 3 heteroatoms. The Hall–Kier alpha value is -2.60. The van der Waals surface area contributed by atoms with E-state index in [1.165, 1.54) is 16.7 Å². The van der Waals surface area contributed by atoms with Gasteiger partial charge in [-0.05, 0) is 105 Å². The average Bonchev–Trinajstić information content (AvgIpc) is 3.11. The minimum atomic E-state index is -0.551. The van der Waals surface area contributed by atoms with Crippen LogP contribution in [0.1, 0.15) is 77.2 Å². The van der Waals surface area contributed by atoms with Crippen LogP contribution in [0, 0.1) is 34.5 Å². The third-order valence-corrected chi connectivity index (χ3v) is 9.47. The molecule has 2 fully saturated rings. The zero-order chi connectivity index (χ0) is 23.4. The molecule has 2 saturated carbocycles. The van der Waals surface area contributed by atoms with Crippen molar-refractivity contribution >= 4 is 17.3 Å². The van der Waals surface area contributed by atoms with Crippen molar-refractivity contribution < 1.29 is 9.59 Å². The Bertz CT molecular complexity index is 1130. The predicted molar refractivity (Wildman–Crippen MR) is 133 cm³/mol. The van der Waals surface area contributed by atoms with Crippen molar-refractivity contribution in [2.45, 2.75) is 71.6 Å². The van der Waals surface area contributed by atoms with Crippen molar-refractivity contribution in [3.63, 3.8) is 0 Å². The zero-order valence-corrected chi connectivity index (χ0v) is 20.4. The van der Waals surface area contributed by atoms with Crippen LogP contribution in [0.25, 0.3) is 0 Å². The molecule has 0 aliphatic heterocycles. The van der Waals surface area contributed by atoms with Crippen molar-refractivity contribution in [3.05, 3.63) is 52.6 Å². The smallest absolute Gasteiger partial charge is 0.156 e. The number of hydrogen-bond acceptors (Lipinski definition) is 3. The van der Waals surface area contributed by atoms with Gasteiger partial charge in [-0.2, -0.15) is 0 Å². The van der Waals surface area contributed by atoms with E-state index < -0.39 is 5.41 Å². The Morgan fingerprint density at radius 2 is 1.88 bits per heavy atom. The Labute approximate surface area is 198 Å². The first-order valence-corrected chi connectivity index (χ1v) is 12.5. The van der Waals surface area contributed by atoms with Gasteiger partial charge in [0.15, 0.2) is 5.78 Å². The fraction of sp³-hybridized carbons (Fsp3) is 0.533. The van der Waals surface area contributed by atoms with E-state index in [2.05, 4.69) is 48.3 Å². The molecule has 1 aromatic carbocycles. The summed E-state index contributed by atoms with van der Waals surface area (Å²) in [6.07, 6.45) is 8.37. The third kappa shape index (κ3) is 3.17. The molecule has 0 heterocycles. The minimum absolute atomic E-state index is 0.144. The highest BCUT2D eigenvalue weighted by Gasteiger charge is 2.64. The first-order valence-electron chi connectivity index (χ1n) is 12.5. The van der Waals surface area contributed by atoms with Gasteiger partial charge in [0.05, 0.1) is 5.41 Å². The summed E-state index contributed by atoms with van der Waals surface area (Å²) in [7, 11) is 1.95. The lowest BCUT2D eigenvalue weighted by atomic mass is 9.48. The number of Topliss-reactive ketones (excluding diaryl/α,β-unsaturated/α-hetero) is 1. The molecule has 0 spiro atoms. The predicted octanol–water partition coefficient (Wildman–Crippen LogP) is 6.23. The van der Waals surface area contributed by atoms with Gasteiger partial charge in [-0.15, -0.1) is 5.92 Å². The maximum atomic E-state index is 13.2. The summed E-state index contributed by atoms with van der Waals surface area (Å²) in [4.78, 5) is 25.4. The number of ketones is 2. The highest BCUT2D eigenvalue weighted by Crippen LogP contribution is 2.69. The SMILES string of the molecule is CC#C[C@]1(C(C)=O)CCC2C3CCC4=CC(=O)CCC4=C3C(c3ccc(NC)cc3)CC21C. The molecular weight excluding hydrogens is 406 g/mol. The van der Waals surface area contributed by atoms with Crippen molar-refractivity contribution in [3.8, 4) is 11.8 Å². The molecule has 0 aromatic heterocycles. The molecule has 4 aliphatic carbocycles. The van der Waals surface area contributed by atoms with E-state index in [1.54, 1.807) is 12.5 Å². The van der Waals surface area contributed by atoms with Crippen molar-refractivity contribution in [2.75, 3.05) is 12.4 Å². The molecule has 0 bridgehead atoms.